The molecule has 0 saturated carbocycles. The van der Waals surface area contributed by atoms with E-state index < -0.39 is 0 Å². The molecule has 3 aliphatic heterocycles. The number of benzene rings is 1. The summed E-state index contributed by atoms with van der Waals surface area (Å²) in [6.45, 7) is 4.31. The molecule has 1 fully saturated rings. The Morgan fingerprint density at radius 3 is 2.81 bits per heavy atom. The van der Waals surface area contributed by atoms with E-state index in [-0.39, 0.29) is 4.00 Å². The fraction of sp³-hybridized carbons (Fsp3) is 0.381. The Hall–Kier alpha value is -1.88. The summed E-state index contributed by atoms with van der Waals surface area (Å²) in [7, 11) is 2.18. The van der Waals surface area contributed by atoms with Gasteiger partial charge in [-0.1, -0.05) is 0 Å². The van der Waals surface area contributed by atoms with Crippen LogP contribution in [0.2, 0.25) is 0 Å². The maximum absolute atomic E-state index is 7.22. The van der Waals surface area contributed by atoms with Gasteiger partial charge in [0.1, 0.15) is 11.9 Å². The van der Waals surface area contributed by atoms with Gasteiger partial charge in [-0.25, -0.2) is 4.99 Å². The summed E-state index contributed by atoms with van der Waals surface area (Å²) < 4.78 is 0.222. The van der Waals surface area contributed by atoms with Crippen LogP contribution in [0, 0.1) is 0 Å². The molecule has 5 heteroatoms. The number of hydrogen-bond acceptors (Lipinski definition) is 3. The Morgan fingerprint density at radius 2 is 1.96 bits per heavy atom. The number of allylic oxidation sites excluding steroid dienone is 4. The highest BCUT2D eigenvalue weighted by Gasteiger charge is 2.43. The number of piperazine rings is 1. The molecule has 5 rings (SSSR count). The van der Waals surface area contributed by atoms with E-state index in [1.54, 1.807) is 0 Å². The van der Waals surface area contributed by atoms with Crippen molar-refractivity contribution >= 4 is 35.1 Å². The van der Waals surface area contributed by atoms with Crippen LogP contribution >= 0.6 is 11.8 Å². The number of hydrogen-bond donors (Lipinski definition) is 0. The molecule has 1 aromatic carbocycles. The van der Waals surface area contributed by atoms with Gasteiger partial charge in [0.15, 0.2) is 23.2 Å². The SMILES string of the molecule is CN1CCN(c2ccc3c(c2)N=CC2=C4C(=CC=C[N+]43Cl)CCC2)CC1. The van der Waals surface area contributed by atoms with E-state index in [1.165, 1.54) is 29.0 Å². The normalized spacial score (nSPS) is 27.8. The third-order valence-corrected chi connectivity index (χ3v) is 6.42. The lowest BCUT2D eigenvalue weighted by Gasteiger charge is -2.35. The van der Waals surface area contributed by atoms with Crippen LogP contribution in [0.1, 0.15) is 19.3 Å². The third-order valence-electron chi connectivity index (χ3n) is 5.95. The Balaban J connectivity index is 1.58. The van der Waals surface area contributed by atoms with Crippen molar-refractivity contribution in [3.05, 3.63) is 53.4 Å². The summed E-state index contributed by atoms with van der Waals surface area (Å²) in [5, 5.41) is 0. The molecular weight excluding hydrogens is 344 g/mol. The zero-order valence-corrected chi connectivity index (χ0v) is 15.9. The minimum absolute atomic E-state index is 0.222. The van der Waals surface area contributed by atoms with Gasteiger partial charge in [0.2, 0.25) is 0 Å². The fourth-order valence-corrected chi connectivity index (χ4v) is 4.90. The van der Waals surface area contributed by atoms with Crippen LogP contribution < -0.4 is 8.90 Å². The van der Waals surface area contributed by atoms with Crippen LogP contribution in [0.4, 0.5) is 17.1 Å². The van der Waals surface area contributed by atoms with E-state index in [9.17, 15) is 0 Å². The van der Waals surface area contributed by atoms with Gasteiger partial charge in [0.05, 0.1) is 0 Å². The van der Waals surface area contributed by atoms with Gasteiger partial charge >= 0.3 is 0 Å². The molecule has 1 aromatic rings. The minimum Gasteiger partial charge on any atom is -0.369 e. The minimum atomic E-state index is 0.222. The number of nitrogens with zero attached hydrogens (tertiary/aromatic N) is 4. The summed E-state index contributed by atoms with van der Waals surface area (Å²) in [5.41, 5.74) is 7.13. The van der Waals surface area contributed by atoms with Gasteiger partial charge in [0.25, 0.3) is 0 Å². The Morgan fingerprint density at radius 1 is 1.12 bits per heavy atom. The van der Waals surface area contributed by atoms with E-state index in [1.807, 2.05) is 0 Å². The number of quaternary nitrogens is 1. The first-order valence-corrected chi connectivity index (χ1v) is 9.82. The molecule has 0 radical (unpaired) electrons. The maximum Gasteiger partial charge on any atom is 0.186 e. The van der Waals surface area contributed by atoms with Crippen molar-refractivity contribution in [2.24, 2.45) is 4.99 Å². The zero-order chi connectivity index (χ0) is 17.7. The first kappa shape index (κ1) is 16.3. The lowest BCUT2D eigenvalue weighted by atomic mass is 9.90. The molecule has 134 valence electrons. The van der Waals surface area contributed by atoms with Gasteiger partial charge < -0.3 is 9.80 Å². The molecule has 1 unspecified atom stereocenters. The van der Waals surface area contributed by atoms with Gasteiger partial charge in [-0.05, 0) is 50.6 Å². The number of rotatable bonds is 1. The van der Waals surface area contributed by atoms with Crippen molar-refractivity contribution in [2.45, 2.75) is 19.3 Å². The Bertz CT molecular complexity index is 874. The largest absolute Gasteiger partial charge is 0.369 e. The molecule has 0 amide bonds. The van der Waals surface area contributed by atoms with E-state index in [4.69, 9.17) is 16.8 Å². The summed E-state index contributed by atoms with van der Waals surface area (Å²) in [5.74, 6) is 0. The number of anilines is 1. The van der Waals surface area contributed by atoms with Crippen LogP contribution in [-0.2, 0) is 0 Å². The number of likely N-dealkylation sites (N-methyl/N-ethyl adjacent to an activating group) is 1. The van der Waals surface area contributed by atoms with Crippen LogP contribution in [0.15, 0.2) is 58.4 Å². The van der Waals surface area contributed by atoms with Crippen molar-refractivity contribution in [3.63, 3.8) is 0 Å². The lowest BCUT2D eigenvalue weighted by molar-refractivity contribution is 0.313. The number of aliphatic imine (C=N–C) groups is 1. The van der Waals surface area contributed by atoms with E-state index >= 15 is 0 Å². The molecule has 0 N–H and O–H groups in total. The Labute approximate surface area is 160 Å². The van der Waals surface area contributed by atoms with Crippen LogP contribution in [0.5, 0.6) is 0 Å². The zero-order valence-electron chi connectivity index (χ0n) is 15.2. The van der Waals surface area contributed by atoms with Gasteiger partial charge in [-0.3, -0.25) is 0 Å². The van der Waals surface area contributed by atoms with Crippen LogP contribution in [0.25, 0.3) is 0 Å². The molecule has 1 atom stereocenters. The predicted molar refractivity (Wildman–Crippen MR) is 110 cm³/mol. The average Bonchev–Trinajstić information content (AvgIpc) is 2.79. The maximum atomic E-state index is 7.22. The first-order valence-electron chi connectivity index (χ1n) is 9.48. The highest BCUT2D eigenvalue weighted by Crippen LogP contribution is 2.50. The molecule has 0 spiro atoms. The lowest BCUT2D eigenvalue weighted by Crippen LogP contribution is -2.44. The monoisotopic (exact) mass is 367 g/mol. The molecular formula is C21H24ClN4+. The standard InChI is InChI=1S/C21H24ClN4/c1-24-9-11-25(12-10-24)18-7-8-20-19(14-18)23-15-17-5-2-4-16-6-3-13-26(20,22)21(16)17/h3,6-8,13-15H,2,4-5,9-12H2,1H3/q+1. The van der Waals surface area contributed by atoms with Gasteiger partial charge in [-0.15, -0.1) is 4.00 Å². The smallest absolute Gasteiger partial charge is 0.186 e. The Kier molecular flexibility index (Phi) is 3.82. The summed E-state index contributed by atoms with van der Waals surface area (Å²) in [4.78, 5) is 9.69. The van der Waals surface area contributed by atoms with Crippen molar-refractivity contribution < 1.29 is 0 Å². The first-order chi connectivity index (χ1) is 12.6. The van der Waals surface area contributed by atoms with Gasteiger partial charge in [-0.2, -0.15) is 0 Å². The van der Waals surface area contributed by atoms with Crippen molar-refractivity contribution in [1.29, 1.82) is 0 Å². The van der Waals surface area contributed by atoms with Crippen molar-refractivity contribution in [2.75, 3.05) is 38.1 Å². The van der Waals surface area contributed by atoms with E-state index in [2.05, 4.69) is 59.6 Å². The molecule has 3 heterocycles. The molecule has 0 bridgehead atoms. The predicted octanol–water partition coefficient (Wildman–Crippen LogP) is 4.51. The molecule has 0 aromatic heterocycles. The third kappa shape index (κ3) is 2.48. The van der Waals surface area contributed by atoms with Crippen LogP contribution in [-0.4, -0.2) is 44.3 Å². The number of halogens is 1. The summed E-state index contributed by atoms with van der Waals surface area (Å²) in [6.07, 6.45) is 11.8. The van der Waals surface area contributed by atoms with Gasteiger partial charge in [0, 0.05) is 55.3 Å². The quantitative estimate of drug-likeness (QED) is 0.680. The summed E-state index contributed by atoms with van der Waals surface area (Å²) >= 11 is 7.22. The second-order valence-electron chi connectivity index (χ2n) is 7.62. The van der Waals surface area contributed by atoms with Crippen LogP contribution in [0.3, 0.4) is 0 Å². The fourth-order valence-electron chi connectivity index (χ4n) is 4.47. The molecule has 1 saturated heterocycles. The molecule has 26 heavy (non-hydrogen) atoms. The molecule has 1 aliphatic carbocycles. The molecule has 4 aliphatic rings. The molecule has 4 nitrogen and oxygen atoms in total. The topological polar surface area (TPSA) is 18.8 Å². The highest BCUT2D eigenvalue weighted by molar-refractivity contribution is 6.26. The average molecular weight is 368 g/mol. The van der Waals surface area contributed by atoms with E-state index in [0.717, 1.165) is 50.4 Å². The second kappa shape index (κ2) is 6.08. The van der Waals surface area contributed by atoms with Crippen molar-refractivity contribution in [1.82, 2.24) is 8.90 Å². The highest BCUT2D eigenvalue weighted by atomic mass is 35.5. The number of fused-ring (bicyclic) bond motifs is 2. The van der Waals surface area contributed by atoms with Crippen molar-refractivity contribution in [3.8, 4) is 0 Å². The van der Waals surface area contributed by atoms with E-state index in [0.29, 0.717) is 0 Å². The summed E-state index contributed by atoms with van der Waals surface area (Å²) in [6, 6.07) is 6.59. The second-order valence-corrected chi connectivity index (χ2v) is 8.15.